The summed E-state index contributed by atoms with van der Waals surface area (Å²) in [5.74, 6) is 1.11. The van der Waals surface area contributed by atoms with Crippen LogP contribution in [0.2, 0.25) is 0 Å². The fraction of sp³-hybridized carbons (Fsp3) is 0.846. The number of nitrogens with zero attached hydrogens (tertiary/aromatic N) is 2. The van der Waals surface area contributed by atoms with Crippen LogP contribution in [-0.2, 0) is 14.2 Å². The second-order valence-electron chi connectivity index (χ2n) is 4.79. The van der Waals surface area contributed by atoms with Crippen molar-refractivity contribution >= 4 is 11.9 Å². The highest BCUT2D eigenvalue weighted by Gasteiger charge is 2.19. The van der Waals surface area contributed by atoms with Crippen molar-refractivity contribution in [2.45, 2.75) is 19.8 Å². The summed E-state index contributed by atoms with van der Waals surface area (Å²) in [6, 6.07) is 0. The van der Waals surface area contributed by atoms with Gasteiger partial charge in [0.05, 0.1) is 26.4 Å². The normalized spacial score (nSPS) is 24.6. The van der Waals surface area contributed by atoms with Crippen LogP contribution in [0, 0.1) is 5.92 Å². The Kier molecular flexibility index (Phi) is 5.60. The lowest BCUT2D eigenvalue weighted by Gasteiger charge is -2.29. The fourth-order valence-electron chi connectivity index (χ4n) is 2.24. The molecule has 2 aliphatic rings. The number of carbonyl (C=O) groups is 1. The van der Waals surface area contributed by atoms with Crippen molar-refractivity contribution in [3.8, 4) is 0 Å². The molecule has 0 spiro atoms. The first kappa shape index (κ1) is 14.3. The van der Waals surface area contributed by atoms with E-state index >= 15 is 0 Å². The van der Waals surface area contributed by atoms with Gasteiger partial charge in [-0.25, -0.2) is 4.79 Å². The zero-order valence-electron chi connectivity index (χ0n) is 11.5. The molecule has 2 aliphatic heterocycles. The van der Waals surface area contributed by atoms with Crippen LogP contribution in [0.4, 0.5) is 4.79 Å². The van der Waals surface area contributed by atoms with Gasteiger partial charge in [0.2, 0.25) is 0 Å². The largest absolute Gasteiger partial charge is 0.447 e. The van der Waals surface area contributed by atoms with Gasteiger partial charge >= 0.3 is 6.09 Å². The van der Waals surface area contributed by atoms with Crippen molar-refractivity contribution < 1.29 is 19.0 Å². The highest BCUT2D eigenvalue weighted by atomic mass is 16.5. The first-order chi connectivity index (χ1) is 9.29. The molecule has 6 nitrogen and oxygen atoms in total. The highest BCUT2D eigenvalue weighted by molar-refractivity contribution is 5.91. The van der Waals surface area contributed by atoms with Crippen LogP contribution in [0.15, 0.2) is 4.99 Å². The summed E-state index contributed by atoms with van der Waals surface area (Å²) in [6.07, 6.45) is 1.19. The number of hydrogen-bond acceptors (Lipinski definition) is 4. The highest BCUT2D eigenvalue weighted by Crippen LogP contribution is 2.12. The molecular formula is C13H22N2O4. The number of hydrogen-bond donors (Lipinski definition) is 0. The SMILES string of the molecule is CC/C(=N/C(=O)OCC1CCOC1)N1CCOCC1. The number of amidine groups is 1. The summed E-state index contributed by atoms with van der Waals surface area (Å²) in [7, 11) is 0. The standard InChI is InChI=1S/C13H22N2O4/c1-2-12(15-4-7-17-8-5-15)14-13(16)19-10-11-3-6-18-9-11/h11H,2-10H2,1H3/b14-12-. The molecule has 1 atom stereocenters. The molecule has 19 heavy (non-hydrogen) atoms. The molecule has 2 fully saturated rings. The van der Waals surface area contributed by atoms with Crippen LogP contribution < -0.4 is 0 Å². The number of carbonyl (C=O) groups excluding carboxylic acids is 1. The Hall–Kier alpha value is -1.14. The summed E-state index contributed by atoms with van der Waals surface area (Å²) < 4.78 is 15.7. The van der Waals surface area contributed by atoms with E-state index in [4.69, 9.17) is 14.2 Å². The van der Waals surface area contributed by atoms with Gasteiger partial charge in [0.25, 0.3) is 0 Å². The maximum atomic E-state index is 11.7. The first-order valence-electron chi connectivity index (χ1n) is 6.94. The Morgan fingerprint density at radius 2 is 2.11 bits per heavy atom. The Balaban J connectivity index is 1.80. The third kappa shape index (κ3) is 4.47. The van der Waals surface area contributed by atoms with Gasteiger partial charge in [0, 0.05) is 32.0 Å². The van der Waals surface area contributed by atoms with Crippen molar-refractivity contribution in [3.63, 3.8) is 0 Å². The minimum Gasteiger partial charge on any atom is -0.447 e. The molecule has 1 unspecified atom stereocenters. The minimum absolute atomic E-state index is 0.326. The smallest absolute Gasteiger partial charge is 0.435 e. The van der Waals surface area contributed by atoms with Gasteiger partial charge < -0.3 is 19.1 Å². The van der Waals surface area contributed by atoms with Crippen LogP contribution in [0.3, 0.4) is 0 Å². The molecule has 0 aliphatic carbocycles. The van der Waals surface area contributed by atoms with Crippen LogP contribution in [0.1, 0.15) is 19.8 Å². The lowest BCUT2D eigenvalue weighted by atomic mass is 10.1. The van der Waals surface area contributed by atoms with Crippen molar-refractivity contribution in [2.24, 2.45) is 10.9 Å². The van der Waals surface area contributed by atoms with E-state index in [0.29, 0.717) is 32.3 Å². The molecule has 108 valence electrons. The predicted octanol–water partition coefficient (Wildman–Crippen LogP) is 1.30. The van der Waals surface area contributed by atoms with E-state index in [-0.39, 0.29) is 0 Å². The lowest BCUT2D eigenvalue weighted by Crippen LogP contribution is -2.40. The molecule has 1 amide bonds. The molecule has 2 saturated heterocycles. The van der Waals surface area contributed by atoms with E-state index in [2.05, 4.69) is 9.89 Å². The van der Waals surface area contributed by atoms with Gasteiger partial charge in [0.1, 0.15) is 5.84 Å². The molecule has 0 saturated carbocycles. The minimum atomic E-state index is -0.491. The van der Waals surface area contributed by atoms with Crippen molar-refractivity contribution in [2.75, 3.05) is 46.1 Å². The third-order valence-electron chi connectivity index (χ3n) is 3.38. The monoisotopic (exact) mass is 270 g/mol. The van der Waals surface area contributed by atoms with Gasteiger partial charge in [0.15, 0.2) is 0 Å². The van der Waals surface area contributed by atoms with Crippen LogP contribution >= 0.6 is 0 Å². The number of morpholine rings is 1. The van der Waals surface area contributed by atoms with Gasteiger partial charge in [-0.1, -0.05) is 6.92 Å². The molecule has 0 N–H and O–H groups in total. The molecule has 2 heterocycles. The second-order valence-corrected chi connectivity index (χ2v) is 4.79. The van der Waals surface area contributed by atoms with Crippen molar-refractivity contribution in [1.82, 2.24) is 4.90 Å². The molecule has 2 rings (SSSR count). The Morgan fingerprint density at radius 1 is 1.32 bits per heavy atom. The average molecular weight is 270 g/mol. The summed E-state index contributed by atoms with van der Waals surface area (Å²) in [5.41, 5.74) is 0. The average Bonchev–Trinajstić information content (AvgIpc) is 2.97. The molecule has 0 bridgehead atoms. The van der Waals surface area contributed by atoms with Crippen molar-refractivity contribution in [3.05, 3.63) is 0 Å². The number of aliphatic imine (C=N–C) groups is 1. The van der Waals surface area contributed by atoms with Gasteiger partial charge in [-0.15, -0.1) is 0 Å². The van der Waals surface area contributed by atoms with Crippen LogP contribution in [0.25, 0.3) is 0 Å². The summed E-state index contributed by atoms with van der Waals surface area (Å²) in [5, 5.41) is 0. The number of rotatable bonds is 3. The lowest BCUT2D eigenvalue weighted by molar-refractivity contribution is 0.0669. The fourth-order valence-corrected chi connectivity index (χ4v) is 2.24. The Labute approximate surface area is 113 Å². The van der Waals surface area contributed by atoms with E-state index in [1.54, 1.807) is 0 Å². The van der Waals surface area contributed by atoms with Crippen LogP contribution in [0.5, 0.6) is 0 Å². The maximum Gasteiger partial charge on any atom is 0.435 e. The molecule has 0 aromatic heterocycles. The van der Waals surface area contributed by atoms with E-state index in [1.165, 1.54) is 0 Å². The zero-order valence-corrected chi connectivity index (χ0v) is 11.5. The van der Waals surface area contributed by atoms with E-state index in [0.717, 1.165) is 38.4 Å². The third-order valence-corrected chi connectivity index (χ3v) is 3.38. The van der Waals surface area contributed by atoms with E-state index in [1.807, 2.05) is 6.92 Å². The van der Waals surface area contributed by atoms with Crippen LogP contribution in [-0.4, -0.2) is 63.0 Å². The van der Waals surface area contributed by atoms with Gasteiger partial charge in [-0.2, -0.15) is 4.99 Å². The van der Waals surface area contributed by atoms with Gasteiger partial charge in [-0.3, -0.25) is 0 Å². The van der Waals surface area contributed by atoms with Crippen molar-refractivity contribution in [1.29, 1.82) is 0 Å². The molecule has 0 aromatic rings. The zero-order chi connectivity index (χ0) is 13.5. The topological polar surface area (TPSA) is 60.4 Å². The quantitative estimate of drug-likeness (QED) is 0.571. The summed E-state index contributed by atoms with van der Waals surface area (Å²) in [4.78, 5) is 17.9. The first-order valence-corrected chi connectivity index (χ1v) is 6.94. The number of ether oxygens (including phenoxy) is 3. The Morgan fingerprint density at radius 3 is 2.74 bits per heavy atom. The number of amides is 1. The molecule has 0 radical (unpaired) electrons. The van der Waals surface area contributed by atoms with E-state index in [9.17, 15) is 4.79 Å². The summed E-state index contributed by atoms with van der Waals surface area (Å²) in [6.45, 7) is 6.79. The molecular weight excluding hydrogens is 248 g/mol. The molecule has 0 aromatic carbocycles. The van der Waals surface area contributed by atoms with E-state index < -0.39 is 6.09 Å². The van der Waals surface area contributed by atoms with Gasteiger partial charge in [-0.05, 0) is 6.42 Å². The maximum absolute atomic E-state index is 11.7. The summed E-state index contributed by atoms with van der Waals surface area (Å²) >= 11 is 0. The predicted molar refractivity (Wildman–Crippen MR) is 70.4 cm³/mol. The second kappa shape index (κ2) is 7.45. The Bertz CT molecular complexity index is 321. The molecule has 6 heteroatoms.